The van der Waals surface area contributed by atoms with Gasteiger partial charge in [0, 0.05) is 35.2 Å². The van der Waals surface area contributed by atoms with Crippen LogP contribution >= 0.6 is 23.2 Å². The molecule has 1 saturated heterocycles. The van der Waals surface area contributed by atoms with Crippen molar-refractivity contribution < 1.29 is 17.9 Å². The summed E-state index contributed by atoms with van der Waals surface area (Å²) in [6.07, 6.45) is 0. The molecule has 144 valence electrons. The summed E-state index contributed by atoms with van der Waals surface area (Å²) in [7, 11) is -3.58. The SMILES string of the molecule is O=C(NCc1ccc(Cl)cc1Cl)c1ccc(S(=O)(=O)N2CCOCC2)cc1. The van der Waals surface area contributed by atoms with Crippen LogP contribution in [0.1, 0.15) is 15.9 Å². The van der Waals surface area contributed by atoms with Crippen LogP contribution in [0.2, 0.25) is 10.0 Å². The van der Waals surface area contributed by atoms with E-state index in [0.29, 0.717) is 41.9 Å². The van der Waals surface area contributed by atoms with Crippen LogP contribution in [0.15, 0.2) is 47.4 Å². The number of morpholine rings is 1. The molecule has 6 nitrogen and oxygen atoms in total. The Balaban J connectivity index is 1.66. The number of halogens is 2. The third-order valence-corrected chi connectivity index (χ3v) is 6.68. The number of hydrogen-bond acceptors (Lipinski definition) is 4. The molecular formula is C18H18Cl2N2O4S. The molecule has 0 spiro atoms. The fourth-order valence-corrected chi connectivity index (χ4v) is 4.54. The summed E-state index contributed by atoms with van der Waals surface area (Å²) in [4.78, 5) is 12.5. The van der Waals surface area contributed by atoms with Gasteiger partial charge in [0.05, 0.1) is 18.1 Å². The van der Waals surface area contributed by atoms with Crippen LogP contribution < -0.4 is 5.32 Å². The van der Waals surface area contributed by atoms with Gasteiger partial charge >= 0.3 is 0 Å². The summed E-state index contributed by atoms with van der Waals surface area (Å²) in [5.41, 5.74) is 1.10. The molecule has 9 heteroatoms. The summed E-state index contributed by atoms with van der Waals surface area (Å²) < 4.78 is 31.7. The van der Waals surface area contributed by atoms with E-state index < -0.39 is 10.0 Å². The average molecular weight is 429 g/mol. The molecule has 1 amide bonds. The van der Waals surface area contributed by atoms with Crippen molar-refractivity contribution >= 4 is 39.1 Å². The van der Waals surface area contributed by atoms with E-state index in [1.807, 2.05) is 0 Å². The zero-order valence-corrected chi connectivity index (χ0v) is 16.6. The zero-order valence-electron chi connectivity index (χ0n) is 14.3. The van der Waals surface area contributed by atoms with Crippen LogP contribution in [0.25, 0.3) is 0 Å². The molecule has 1 N–H and O–H groups in total. The van der Waals surface area contributed by atoms with Crippen molar-refractivity contribution in [3.05, 3.63) is 63.6 Å². The van der Waals surface area contributed by atoms with E-state index in [1.54, 1.807) is 18.2 Å². The Morgan fingerprint density at radius 2 is 1.74 bits per heavy atom. The van der Waals surface area contributed by atoms with E-state index in [9.17, 15) is 13.2 Å². The molecular weight excluding hydrogens is 411 g/mol. The van der Waals surface area contributed by atoms with E-state index in [2.05, 4.69) is 5.32 Å². The molecule has 0 radical (unpaired) electrons. The lowest BCUT2D eigenvalue weighted by Crippen LogP contribution is -2.40. The van der Waals surface area contributed by atoms with Gasteiger partial charge in [0.1, 0.15) is 0 Å². The van der Waals surface area contributed by atoms with E-state index in [4.69, 9.17) is 27.9 Å². The predicted octanol–water partition coefficient (Wildman–Crippen LogP) is 2.94. The van der Waals surface area contributed by atoms with E-state index >= 15 is 0 Å². The Morgan fingerprint density at radius 1 is 1.07 bits per heavy atom. The number of hydrogen-bond donors (Lipinski definition) is 1. The maximum atomic E-state index is 12.6. The number of carbonyl (C=O) groups is 1. The summed E-state index contributed by atoms with van der Waals surface area (Å²) in [6, 6.07) is 10.9. The minimum absolute atomic E-state index is 0.154. The first-order valence-corrected chi connectivity index (χ1v) is 10.5. The topological polar surface area (TPSA) is 75.7 Å². The lowest BCUT2D eigenvalue weighted by atomic mass is 10.2. The number of rotatable bonds is 5. The molecule has 1 aliphatic rings. The molecule has 2 aromatic carbocycles. The van der Waals surface area contributed by atoms with Gasteiger partial charge in [-0.1, -0.05) is 29.3 Å². The normalized spacial score (nSPS) is 15.5. The van der Waals surface area contributed by atoms with Gasteiger partial charge in [-0.25, -0.2) is 8.42 Å². The van der Waals surface area contributed by atoms with Gasteiger partial charge in [-0.15, -0.1) is 0 Å². The second-order valence-corrected chi connectivity index (χ2v) is 8.74. The standard InChI is InChI=1S/C18H18Cl2N2O4S/c19-15-4-1-14(17(20)11-15)12-21-18(23)13-2-5-16(6-3-13)27(24,25)22-7-9-26-10-8-22/h1-6,11H,7-10,12H2,(H,21,23). The fraction of sp³-hybridized carbons (Fsp3) is 0.278. The number of carbonyl (C=O) groups excluding carboxylic acids is 1. The first-order chi connectivity index (χ1) is 12.9. The number of sulfonamides is 1. The lowest BCUT2D eigenvalue weighted by Gasteiger charge is -2.26. The highest BCUT2D eigenvalue weighted by Crippen LogP contribution is 2.21. The Morgan fingerprint density at radius 3 is 2.37 bits per heavy atom. The molecule has 2 aromatic rings. The summed E-state index contributed by atoms with van der Waals surface area (Å²) >= 11 is 11.9. The first kappa shape index (κ1) is 20.1. The molecule has 27 heavy (non-hydrogen) atoms. The molecule has 0 atom stereocenters. The minimum atomic E-state index is -3.58. The van der Waals surface area contributed by atoms with Crippen LogP contribution in [0.5, 0.6) is 0 Å². The van der Waals surface area contributed by atoms with Crippen molar-refractivity contribution in [1.82, 2.24) is 9.62 Å². The van der Waals surface area contributed by atoms with Crippen LogP contribution in [-0.4, -0.2) is 44.9 Å². The quantitative estimate of drug-likeness (QED) is 0.793. The second-order valence-electron chi connectivity index (χ2n) is 5.96. The minimum Gasteiger partial charge on any atom is -0.379 e. The highest BCUT2D eigenvalue weighted by Gasteiger charge is 2.26. The van der Waals surface area contributed by atoms with Gasteiger partial charge in [-0.05, 0) is 42.0 Å². The van der Waals surface area contributed by atoms with Crippen LogP contribution in [-0.2, 0) is 21.3 Å². The molecule has 0 bridgehead atoms. The summed E-state index contributed by atoms with van der Waals surface area (Å²) in [6.45, 7) is 1.65. The van der Waals surface area contributed by atoms with Crippen molar-refractivity contribution in [2.75, 3.05) is 26.3 Å². The Hall–Kier alpha value is -1.64. The molecule has 0 unspecified atom stereocenters. The van der Waals surface area contributed by atoms with Crippen molar-refractivity contribution in [3.8, 4) is 0 Å². The number of nitrogens with one attached hydrogen (secondary N) is 1. The van der Waals surface area contributed by atoms with Gasteiger partial charge in [0.2, 0.25) is 10.0 Å². The van der Waals surface area contributed by atoms with Crippen molar-refractivity contribution in [2.24, 2.45) is 0 Å². The van der Waals surface area contributed by atoms with Gasteiger partial charge in [0.15, 0.2) is 0 Å². The largest absolute Gasteiger partial charge is 0.379 e. The van der Waals surface area contributed by atoms with Crippen molar-refractivity contribution in [2.45, 2.75) is 11.4 Å². The van der Waals surface area contributed by atoms with Crippen LogP contribution in [0.4, 0.5) is 0 Å². The highest BCUT2D eigenvalue weighted by atomic mass is 35.5. The van der Waals surface area contributed by atoms with E-state index in [-0.39, 0.29) is 17.3 Å². The molecule has 0 aromatic heterocycles. The van der Waals surface area contributed by atoms with E-state index in [1.165, 1.54) is 28.6 Å². The second kappa shape index (κ2) is 8.58. The molecule has 3 rings (SSSR count). The fourth-order valence-electron chi connectivity index (χ4n) is 2.66. The van der Waals surface area contributed by atoms with E-state index in [0.717, 1.165) is 5.56 Å². The Bertz CT molecular complexity index is 927. The summed E-state index contributed by atoms with van der Waals surface area (Å²) in [5.74, 6) is -0.323. The zero-order chi connectivity index (χ0) is 19.4. The maximum absolute atomic E-state index is 12.6. The summed E-state index contributed by atoms with van der Waals surface area (Å²) in [5, 5.41) is 3.74. The van der Waals surface area contributed by atoms with Crippen LogP contribution in [0.3, 0.4) is 0 Å². The lowest BCUT2D eigenvalue weighted by molar-refractivity contribution is 0.0730. The number of amides is 1. The van der Waals surface area contributed by atoms with Gasteiger partial charge in [-0.2, -0.15) is 4.31 Å². The molecule has 1 aliphatic heterocycles. The van der Waals surface area contributed by atoms with Crippen LogP contribution in [0, 0.1) is 0 Å². The van der Waals surface area contributed by atoms with Crippen molar-refractivity contribution in [3.63, 3.8) is 0 Å². The third kappa shape index (κ3) is 4.80. The Labute approximate surface area is 168 Å². The number of benzene rings is 2. The number of ether oxygens (including phenoxy) is 1. The maximum Gasteiger partial charge on any atom is 0.251 e. The van der Waals surface area contributed by atoms with Crippen molar-refractivity contribution in [1.29, 1.82) is 0 Å². The van der Waals surface area contributed by atoms with Gasteiger partial charge < -0.3 is 10.1 Å². The highest BCUT2D eigenvalue weighted by molar-refractivity contribution is 7.89. The first-order valence-electron chi connectivity index (χ1n) is 8.28. The molecule has 0 saturated carbocycles. The van der Waals surface area contributed by atoms with Gasteiger partial charge in [0.25, 0.3) is 5.91 Å². The Kier molecular flexibility index (Phi) is 6.39. The average Bonchev–Trinajstić information content (AvgIpc) is 2.68. The third-order valence-electron chi connectivity index (χ3n) is 4.18. The molecule has 0 aliphatic carbocycles. The molecule has 1 fully saturated rings. The monoisotopic (exact) mass is 428 g/mol. The smallest absolute Gasteiger partial charge is 0.251 e. The molecule has 1 heterocycles. The predicted molar refractivity (Wildman–Crippen MR) is 104 cm³/mol. The van der Waals surface area contributed by atoms with Gasteiger partial charge in [-0.3, -0.25) is 4.79 Å². The number of nitrogens with zero attached hydrogens (tertiary/aromatic N) is 1.